The van der Waals surface area contributed by atoms with E-state index in [1.807, 2.05) is 31.2 Å². The monoisotopic (exact) mass is 236 g/mol. The fraction of sp³-hybridized carbons (Fsp3) is 0.462. The molecule has 0 bridgehead atoms. The van der Waals surface area contributed by atoms with E-state index in [1.165, 1.54) is 7.11 Å². The lowest BCUT2D eigenvalue weighted by atomic mass is 9.97. The van der Waals surface area contributed by atoms with Crippen LogP contribution in [0.3, 0.4) is 0 Å². The van der Waals surface area contributed by atoms with Gasteiger partial charge in [-0.3, -0.25) is 0 Å². The molecule has 0 aromatic heterocycles. The Hall–Kier alpha value is -1.55. The van der Waals surface area contributed by atoms with Crippen molar-refractivity contribution in [2.75, 3.05) is 14.2 Å². The molecule has 92 valence electrons. The van der Waals surface area contributed by atoms with Gasteiger partial charge in [0.2, 0.25) is 0 Å². The SMILES string of the molecule is CC[C@@]1(C(=O)OC)O[C@@H]1c1ccc(OC)cc1. The molecule has 1 heterocycles. The van der Waals surface area contributed by atoms with Crippen LogP contribution in [0.1, 0.15) is 25.0 Å². The predicted molar refractivity (Wildman–Crippen MR) is 61.9 cm³/mol. The summed E-state index contributed by atoms with van der Waals surface area (Å²) in [6, 6.07) is 7.52. The first kappa shape index (κ1) is 11.9. The molecule has 1 saturated heterocycles. The fourth-order valence-electron chi connectivity index (χ4n) is 2.03. The van der Waals surface area contributed by atoms with Crippen molar-refractivity contribution in [3.63, 3.8) is 0 Å². The first-order chi connectivity index (χ1) is 8.17. The Morgan fingerprint density at radius 3 is 2.47 bits per heavy atom. The van der Waals surface area contributed by atoms with Crippen LogP contribution in [0.15, 0.2) is 24.3 Å². The molecule has 0 aliphatic carbocycles. The molecule has 0 N–H and O–H groups in total. The van der Waals surface area contributed by atoms with E-state index in [4.69, 9.17) is 14.2 Å². The summed E-state index contributed by atoms with van der Waals surface area (Å²) >= 11 is 0. The van der Waals surface area contributed by atoms with Gasteiger partial charge in [0.25, 0.3) is 0 Å². The second kappa shape index (κ2) is 4.37. The molecule has 0 unspecified atom stereocenters. The molecule has 0 spiro atoms. The van der Waals surface area contributed by atoms with Crippen molar-refractivity contribution in [3.05, 3.63) is 29.8 Å². The number of hydrogen-bond acceptors (Lipinski definition) is 4. The molecule has 1 aliphatic rings. The summed E-state index contributed by atoms with van der Waals surface area (Å²) in [6.45, 7) is 1.92. The highest BCUT2D eigenvalue weighted by Gasteiger charge is 2.62. The van der Waals surface area contributed by atoms with Crippen LogP contribution in [0.4, 0.5) is 0 Å². The molecule has 17 heavy (non-hydrogen) atoms. The number of rotatable bonds is 4. The predicted octanol–water partition coefficient (Wildman–Crippen LogP) is 2.09. The minimum atomic E-state index is -0.788. The van der Waals surface area contributed by atoms with Crippen LogP contribution in [0.5, 0.6) is 5.75 Å². The van der Waals surface area contributed by atoms with Gasteiger partial charge in [-0.1, -0.05) is 19.1 Å². The number of ether oxygens (including phenoxy) is 3. The number of carbonyl (C=O) groups excluding carboxylic acids is 1. The van der Waals surface area contributed by atoms with Gasteiger partial charge < -0.3 is 14.2 Å². The van der Waals surface area contributed by atoms with Crippen LogP contribution in [-0.4, -0.2) is 25.8 Å². The van der Waals surface area contributed by atoms with E-state index in [2.05, 4.69) is 0 Å². The molecule has 0 saturated carbocycles. The van der Waals surface area contributed by atoms with Crippen LogP contribution < -0.4 is 4.74 Å². The molecule has 1 aromatic rings. The Balaban J connectivity index is 2.17. The maximum Gasteiger partial charge on any atom is 0.341 e. The van der Waals surface area contributed by atoms with Crippen molar-refractivity contribution in [1.29, 1.82) is 0 Å². The summed E-state index contributed by atoms with van der Waals surface area (Å²) in [5.74, 6) is 0.482. The van der Waals surface area contributed by atoms with Crippen molar-refractivity contribution in [3.8, 4) is 5.75 Å². The van der Waals surface area contributed by atoms with E-state index in [-0.39, 0.29) is 12.1 Å². The van der Waals surface area contributed by atoms with Crippen LogP contribution in [-0.2, 0) is 14.3 Å². The van der Waals surface area contributed by atoms with Gasteiger partial charge in [-0.2, -0.15) is 0 Å². The standard InChI is InChI=1S/C13H16O4/c1-4-13(12(14)16-3)11(17-13)9-5-7-10(15-2)8-6-9/h5-8,11H,4H2,1-3H3/t11-,13-/m1/s1. The van der Waals surface area contributed by atoms with Gasteiger partial charge in [0.1, 0.15) is 11.9 Å². The van der Waals surface area contributed by atoms with Gasteiger partial charge in [0.15, 0.2) is 5.60 Å². The minimum absolute atomic E-state index is 0.203. The van der Waals surface area contributed by atoms with E-state index in [0.717, 1.165) is 11.3 Å². The molecular formula is C13H16O4. The molecule has 2 atom stereocenters. The Kier molecular flexibility index (Phi) is 3.07. The van der Waals surface area contributed by atoms with E-state index >= 15 is 0 Å². The molecule has 4 nitrogen and oxygen atoms in total. The van der Waals surface area contributed by atoms with E-state index in [9.17, 15) is 4.79 Å². The molecule has 4 heteroatoms. The summed E-state index contributed by atoms with van der Waals surface area (Å²) in [7, 11) is 3.00. The molecule has 1 fully saturated rings. The zero-order chi connectivity index (χ0) is 12.5. The molecule has 2 rings (SSSR count). The number of esters is 1. The summed E-state index contributed by atoms with van der Waals surface area (Å²) in [4.78, 5) is 11.7. The number of carbonyl (C=O) groups is 1. The number of hydrogen-bond donors (Lipinski definition) is 0. The lowest BCUT2D eigenvalue weighted by molar-refractivity contribution is -0.147. The number of epoxide rings is 1. The first-order valence-electron chi connectivity index (χ1n) is 5.58. The van der Waals surface area contributed by atoms with Gasteiger partial charge >= 0.3 is 5.97 Å². The van der Waals surface area contributed by atoms with Crippen LogP contribution >= 0.6 is 0 Å². The first-order valence-corrected chi connectivity index (χ1v) is 5.58. The number of methoxy groups -OCH3 is 2. The van der Waals surface area contributed by atoms with Crippen LogP contribution in [0, 0.1) is 0 Å². The van der Waals surface area contributed by atoms with Crippen molar-refractivity contribution < 1.29 is 19.0 Å². The minimum Gasteiger partial charge on any atom is -0.497 e. The third-order valence-electron chi connectivity index (χ3n) is 3.17. The summed E-state index contributed by atoms with van der Waals surface area (Å²) in [6.07, 6.45) is 0.405. The van der Waals surface area contributed by atoms with Gasteiger partial charge in [-0.25, -0.2) is 4.79 Å². The smallest absolute Gasteiger partial charge is 0.341 e. The van der Waals surface area contributed by atoms with Gasteiger partial charge in [-0.15, -0.1) is 0 Å². The van der Waals surface area contributed by atoms with Crippen molar-refractivity contribution in [2.45, 2.75) is 25.0 Å². The van der Waals surface area contributed by atoms with Gasteiger partial charge in [0, 0.05) is 0 Å². The third-order valence-corrected chi connectivity index (χ3v) is 3.17. The lowest BCUT2D eigenvalue weighted by Gasteiger charge is -2.07. The molecule has 1 aromatic carbocycles. The van der Waals surface area contributed by atoms with Crippen LogP contribution in [0.25, 0.3) is 0 Å². The van der Waals surface area contributed by atoms with E-state index < -0.39 is 5.60 Å². The summed E-state index contributed by atoms with van der Waals surface area (Å²) in [5.41, 5.74) is 0.182. The Morgan fingerprint density at radius 1 is 1.35 bits per heavy atom. The lowest BCUT2D eigenvalue weighted by Crippen LogP contribution is -2.25. The maximum absolute atomic E-state index is 11.7. The average molecular weight is 236 g/mol. The largest absolute Gasteiger partial charge is 0.497 e. The van der Waals surface area contributed by atoms with Gasteiger partial charge in [-0.05, 0) is 24.1 Å². The second-order valence-electron chi connectivity index (χ2n) is 4.01. The summed E-state index contributed by atoms with van der Waals surface area (Å²) < 4.78 is 15.4. The van der Waals surface area contributed by atoms with Gasteiger partial charge in [0.05, 0.1) is 14.2 Å². The van der Waals surface area contributed by atoms with E-state index in [0.29, 0.717) is 6.42 Å². The summed E-state index contributed by atoms with van der Waals surface area (Å²) in [5, 5.41) is 0. The Labute approximate surface area is 100 Å². The highest BCUT2D eigenvalue weighted by molar-refractivity contribution is 5.83. The van der Waals surface area contributed by atoms with Crippen molar-refractivity contribution in [2.24, 2.45) is 0 Å². The Morgan fingerprint density at radius 2 is 2.00 bits per heavy atom. The van der Waals surface area contributed by atoms with Crippen molar-refractivity contribution in [1.82, 2.24) is 0 Å². The Bertz CT molecular complexity index is 412. The van der Waals surface area contributed by atoms with Crippen molar-refractivity contribution >= 4 is 5.97 Å². The zero-order valence-electron chi connectivity index (χ0n) is 10.2. The molecule has 0 radical (unpaired) electrons. The number of benzene rings is 1. The second-order valence-corrected chi connectivity index (χ2v) is 4.01. The molecular weight excluding hydrogens is 220 g/mol. The van der Waals surface area contributed by atoms with E-state index in [1.54, 1.807) is 7.11 Å². The van der Waals surface area contributed by atoms with Crippen LogP contribution in [0.2, 0.25) is 0 Å². The highest BCUT2D eigenvalue weighted by atomic mass is 16.7. The fourth-order valence-corrected chi connectivity index (χ4v) is 2.03. The maximum atomic E-state index is 11.7. The molecule has 1 aliphatic heterocycles. The third kappa shape index (κ3) is 1.89. The highest BCUT2D eigenvalue weighted by Crippen LogP contribution is 2.52. The quantitative estimate of drug-likeness (QED) is 0.593. The zero-order valence-corrected chi connectivity index (χ0v) is 10.2. The normalized spacial score (nSPS) is 26.4. The average Bonchev–Trinajstić information content (AvgIpc) is 3.14. The topological polar surface area (TPSA) is 48.1 Å². The molecule has 0 amide bonds.